The molecule has 4 aromatic rings. The van der Waals surface area contributed by atoms with Crippen molar-refractivity contribution in [2.24, 2.45) is 0 Å². The summed E-state index contributed by atoms with van der Waals surface area (Å²) in [5.41, 5.74) is 1.87. The van der Waals surface area contributed by atoms with Gasteiger partial charge in [0, 0.05) is 32.3 Å². The van der Waals surface area contributed by atoms with Crippen molar-refractivity contribution in [1.29, 1.82) is 0 Å². The first-order valence-corrected chi connectivity index (χ1v) is 14.6. The van der Waals surface area contributed by atoms with Crippen molar-refractivity contribution in [3.8, 4) is 11.5 Å². The summed E-state index contributed by atoms with van der Waals surface area (Å²) in [5, 5.41) is 9.06. The van der Waals surface area contributed by atoms with Crippen molar-refractivity contribution in [1.82, 2.24) is 5.32 Å². The van der Waals surface area contributed by atoms with E-state index in [2.05, 4.69) is 16.0 Å². The Morgan fingerprint density at radius 3 is 2.26 bits per heavy atom. The third kappa shape index (κ3) is 9.02. The third-order valence-corrected chi connectivity index (χ3v) is 7.53. The van der Waals surface area contributed by atoms with E-state index >= 15 is 0 Å². The van der Waals surface area contributed by atoms with Crippen molar-refractivity contribution in [3.05, 3.63) is 118 Å². The molecule has 8 nitrogen and oxygen atoms in total. The number of carbonyl (C=O) groups excluding carboxylic acids is 3. The Bertz CT molecular complexity index is 1650. The minimum Gasteiger partial charge on any atom is -0.497 e. The van der Waals surface area contributed by atoms with E-state index in [-0.39, 0.29) is 17.4 Å². The minimum atomic E-state index is -0.553. The molecule has 0 bridgehead atoms. The lowest BCUT2D eigenvalue weighted by atomic mass is 10.1. The van der Waals surface area contributed by atoms with Gasteiger partial charge in [0.25, 0.3) is 11.8 Å². The molecular formula is C32H27Cl2N3O5S. The number of methoxy groups -OCH3 is 2. The Morgan fingerprint density at radius 1 is 0.837 bits per heavy atom. The predicted octanol–water partition coefficient (Wildman–Crippen LogP) is 7.15. The van der Waals surface area contributed by atoms with Crippen LogP contribution in [0, 0.1) is 0 Å². The molecular weight excluding hydrogens is 609 g/mol. The number of amides is 3. The second-order valence-corrected chi connectivity index (χ2v) is 10.8. The first-order chi connectivity index (χ1) is 20.7. The average molecular weight is 637 g/mol. The highest BCUT2D eigenvalue weighted by Crippen LogP contribution is 2.29. The van der Waals surface area contributed by atoms with E-state index in [1.807, 2.05) is 0 Å². The van der Waals surface area contributed by atoms with Crippen LogP contribution in [0.15, 0.2) is 102 Å². The van der Waals surface area contributed by atoms with Gasteiger partial charge in [0.1, 0.15) is 17.2 Å². The Labute approximate surface area is 263 Å². The zero-order valence-electron chi connectivity index (χ0n) is 23.2. The second kappa shape index (κ2) is 15.2. The van der Waals surface area contributed by atoms with Crippen LogP contribution in [0.2, 0.25) is 10.0 Å². The predicted molar refractivity (Wildman–Crippen MR) is 172 cm³/mol. The summed E-state index contributed by atoms with van der Waals surface area (Å²) < 4.78 is 10.5. The quantitative estimate of drug-likeness (QED) is 0.119. The van der Waals surface area contributed by atoms with E-state index in [1.54, 1.807) is 98.1 Å². The molecule has 0 aliphatic rings. The van der Waals surface area contributed by atoms with Crippen LogP contribution < -0.4 is 25.4 Å². The number of hydrogen-bond donors (Lipinski definition) is 3. The highest BCUT2D eigenvalue weighted by molar-refractivity contribution is 8.00. The summed E-state index contributed by atoms with van der Waals surface area (Å²) in [6.07, 6.45) is 1.48. The van der Waals surface area contributed by atoms with Crippen LogP contribution in [-0.4, -0.2) is 37.7 Å². The van der Waals surface area contributed by atoms with Gasteiger partial charge in [-0.2, -0.15) is 0 Å². The molecule has 11 heteroatoms. The molecule has 3 N–H and O–H groups in total. The highest BCUT2D eigenvalue weighted by atomic mass is 35.5. The summed E-state index contributed by atoms with van der Waals surface area (Å²) in [7, 11) is 3.07. The molecule has 0 aliphatic carbocycles. The van der Waals surface area contributed by atoms with Gasteiger partial charge in [-0.15, -0.1) is 11.8 Å². The number of halogens is 2. The van der Waals surface area contributed by atoms with Gasteiger partial charge in [-0.25, -0.2) is 0 Å². The van der Waals surface area contributed by atoms with E-state index in [0.29, 0.717) is 44.0 Å². The molecule has 43 heavy (non-hydrogen) atoms. The van der Waals surface area contributed by atoms with Gasteiger partial charge in [-0.05, 0) is 72.3 Å². The molecule has 0 heterocycles. The molecule has 0 atom stereocenters. The number of thioether (sulfide) groups is 1. The van der Waals surface area contributed by atoms with Crippen molar-refractivity contribution >= 4 is 70.1 Å². The Hall–Kier alpha value is -4.44. The number of anilines is 2. The fraction of sp³-hybridized carbons (Fsp3) is 0.0938. The topological polar surface area (TPSA) is 106 Å². The van der Waals surface area contributed by atoms with Gasteiger partial charge in [-0.3, -0.25) is 14.4 Å². The molecule has 0 aromatic heterocycles. The van der Waals surface area contributed by atoms with Gasteiger partial charge < -0.3 is 25.4 Å². The van der Waals surface area contributed by atoms with Crippen LogP contribution in [0.3, 0.4) is 0 Å². The van der Waals surface area contributed by atoms with Crippen LogP contribution in [0.5, 0.6) is 11.5 Å². The number of ether oxygens (including phenoxy) is 2. The van der Waals surface area contributed by atoms with Gasteiger partial charge in [0.2, 0.25) is 5.91 Å². The number of rotatable bonds is 11. The lowest BCUT2D eigenvalue weighted by Crippen LogP contribution is -2.30. The second-order valence-electron chi connectivity index (χ2n) is 8.93. The fourth-order valence-electron chi connectivity index (χ4n) is 3.80. The largest absolute Gasteiger partial charge is 0.497 e. The number of benzene rings is 4. The highest BCUT2D eigenvalue weighted by Gasteiger charge is 2.16. The van der Waals surface area contributed by atoms with Gasteiger partial charge in [0.05, 0.1) is 25.7 Å². The maximum absolute atomic E-state index is 13.3. The van der Waals surface area contributed by atoms with Crippen LogP contribution in [0.1, 0.15) is 15.9 Å². The van der Waals surface area contributed by atoms with Crippen LogP contribution >= 0.6 is 35.0 Å². The van der Waals surface area contributed by atoms with Gasteiger partial charge in [0.15, 0.2) is 0 Å². The fourth-order valence-corrected chi connectivity index (χ4v) is 4.96. The normalized spacial score (nSPS) is 10.9. The average Bonchev–Trinajstić information content (AvgIpc) is 3.01. The summed E-state index contributed by atoms with van der Waals surface area (Å²) in [5.74, 6) is 0.0257. The van der Waals surface area contributed by atoms with Gasteiger partial charge in [-0.1, -0.05) is 47.5 Å². The van der Waals surface area contributed by atoms with Crippen LogP contribution in [-0.2, 0) is 9.59 Å². The summed E-state index contributed by atoms with van der Waals surface area (Å²) in [4.78, 5) is 39.5. The Kier molecular flexibility index (Phi) is 11.1. The Balaban J connectivity index is 1.42. The molecule has 4 rings (SSSR count). The molecule has 0 radical (unpaired) electrons. The molecule has 0 spiro atoms. The van der Waals surface area contributed by atoms with Crippen molar-refractivity contribution in [3.63, 3.8) is 0 Å². The summed E-state index contributed by atoms with van der Waals surface area (Å²) in [6, 6.07) is 25.5. The minimum absolute atomic E-state index is 0.0128. The SMILES string of the molecule is COc1ccc(OC)c(NC(=O)CSc2ccc(NC(=O)/C(=C/c3ccc(Cl)cc3Cl)NC(=O)c3ccccc3)cc2)c1. The summed E-state index contributed by atoms with van der Waals surface area (Å²) >= 11 is 13.7. The molecule has 0 saturated heterocycles. The first-order valence-electron chi connectivity index (χ1n) is 12.8. The van der Waals surface area contributed by atoms with Gasteiger partial charge >= 0.3 is 0 Å². The molecule has 3 amide bonds. The maximum Gasteiger partial charge on any atom is 0.272 e. The Morgan fingerprint density at radius 2 is 1.58 bits per heavy atom. The zero-order valence-corrected chi connectivity index (χ0v) is 25.5. The smallest absolute Gasteiger partial charge is 0.272 e. The van der Waals surface area contributed by atoms with E-state index in [0.717, 1.165) is 4.90 Å². The zero-order chi connectivity index (χ0) is 30.8. The van der Waals surface area contributed by atoms with Crippen molar-refractivity contribution in [2.45, 2.75) is 4.90 Å². The lowest BCUT2D eigenvalue weighted by Gasteiger charge is -2.13. The lowest BCUT2D eigenvalue weighted by molar-refractivity contribution is -0.114. The van der Waals surface area contributed by atoms with Crippen LogP contribution in [0.25, 0.3) is 6.08 Å². The number of carbonyl (C=O) groups is 3. The maximum atomic E-state index is 13.3. The monoisotopic (exact) mass is 635 g/mol. The molecule has 0 unspecified atom stereocenters. The van der Waals surface area contributed by atoms with E-state index < -0.39 is 11.8 Å². The van der Waals surface area contributed by atoms with Crippen molar-refractivity contribution in [2.75, 3.05) is 30.6 Å². The molecule has 0 aliphatic heterocycles. The van der Waals surface area contributed by atoms with E-state index in [9.17, 15) is 14.4 Å². The van der Waals surface area contributed by atoms with Crippen molar-refractivity contribution < 1.29 is 23.9 Å². The molecule has 0 fully saturated rings. The van der Waals surface area contributed by atoms with E-state index in [1.165, 1.54) is 24.9 Å². The molecule has 220 valence electrons. The molecule has 4 aromatic carbocycles. The van der Waals surface area contributed by atoms with Crippen LogP contribution in [0.4, 0.5) is 11.4 Å². The third-order valence-electron chi connectivity index (χ3n) is 5.95. The first kappa shape index (κ1) is 31.5. The van der Waals surface area contributed by atoms with E-state index in [4.69, 9.17) is 32.7 Å². The number of nitrogens with one attached hydrogen (secondary N) is 3. The standard InChI is InChI=1S/C32H27Cl2N3O5S/c1-41-24-12-15-29(42-2)27(18-24)36-30(38)19-43-25-13-10-23(11-14-25)35-32(40)28(16-21-8-9-22(33)17-26(21)34)37-31(39)20-6-4-3-5-7-20/h3-18H,19H2,1-2H3,(H,35,40)(H,36,38)(H,37,39)/b28-16-. The summed E-state index contributed by atoms with van der Waals surface area (Å²) in [6.45, 7) is 0. The molecule has 0 saturated carbocycles. The number of hydrogen-bond acceptors (Lipinski definition) is 6.